The number of rotatable bonds is 4. The standard InChI is InChI=1S/C9H16N2O2/c1-9(2,13)3-5-11-6-4-10-8(11)7-12/h4,6,12-13H,3,5,7H2,1-2H3. The predicted octanol–water partition coefficient (Wildman–Crippen LogP) is 0.536. The lowest BCUT2D eigenvalue weighted by Crippen LogP contribution is -2.21. The summed E-state index contributed by atoms with van der Waals surface area (Å²) >= 11 is 0. The molecule has 1 heterocycles. The van der Waals surface area contributed by atoms with E-state index in [1.165, 1.54) is 0 Å². The van der Waals surface area contributed by atoms with Crippen LogP contribution in [0, 0.1) is 0 Å². The van der Waals surface area contributed by atoms with Crippen molar-refractivity contribution >= 4 is 0 Å². The zero-order chi connectivity index (χ0) is 9.90. The summed E-state index contributed by atoms with van der Waals surface area (Å²) in [4.78, 5) is 3.97. The molecule has 13 heavy (non-hydrogen) atoms. The van der Waals surface area contributed by atoms with E-state index in [9.17, 15) is 5.11 Å². The lowest BCUT2D eigenvalue weighted by atomic mass is 10.1. The summed E-state index contributed by atoms with van der Waals surface area (Å²) in [6, 6.07) is 0. The van der Waals surface area contributed by atoms with E-state index in [2.05, 4.69) is 4.98 Å². The van der Waals surface area contributed by atoms with Gasteiger partial charge in [-0.2, -0.15) is 0 Å². The Morgan fingerprint density at radius 1 is 1.54 bits per heavy atom. The van der Waals surface area contributed by atoms with E-state index >= 15 is 0 Å². The van der Waals surface area contributed by atoms with Gasteiger partial charge >= 0.3 is 0 Å². The van der Waals surface area contributed by atoms with Gasteiger partial charge in [-0.05, 0) is 20.3 Å². The fourth-order valence-electron chi connectivity index (χ4n) is 1.09. The highest BCUT2D eigenvalue weighted by Crippen LogP contribution is 2.10. The zero-order valence-electron chi connectivity index (χ0n) is 8.06. The number of aliphatic hydroxyl groups is 2. The van der Waals surface area contributed by atoms with Crippen LogP contribution < -0.4 is 0 Å². The van der Waals surface area contributed by atoms with Crippen molar-refractivity contribution in [3.8, 4) is 0 Å². The third-order valence-electron chi connectivity index (χ3n) is 1.91. The minimum Gasteiger partial charge on any atom is -0.390 e. The van der Waals surface area contributed by atoms with E-state index in [1.54, 1.807) is 26.2 Å². The zero-order valence-corrected chi connectivity index (χ0v) is 8.06. The Labute approximate surface area is 77.8 Å². The van der Waals surface area contributed by atoms with Gasteiger partial charge < -0.3 is 14.8 Å². The predicted molar refractivity (Wildman–Crippen MR) is 49.1 cm³/mol. The molecule has 0 atom stereocenters. The summed E-state index contributed by atoms with van der Waals surface area (Å²) in [6.45, 7) is 4.16. The van der Waals surface area contributed by atoms with Crippen molar-refractivity contribution in [2.24, 2.45) is 0 Å². The van der Waals surface area contributed by atoms with Crippen LogP contribution in [0.25, 0.3) is 0 Å². The highest BCUT2D eigenvalue weighted by Gasteiger charge is 2.12. The maximum Gasteiger partial charge on any atom is 0.134 e. The van der Waals surface area contributed by atoms with Crippen LogP contribution in [-0.4, -0.2) is 25.4 Å². The fourth-order valence-corrected chi connectivity index (χ4v) is 1.09. The Bertz CT molecular complexity index is 263. The molecule has 4 nitrogen and oxygen atoms in total. The Kier molecular flexibility index (Phi) is 3.06. The summed E-state index contributed by atoms with van der Waals surface area (Å²) in [6.07, 6.45) is 4.10. The van der Waals surface area contributed by atoms with Crippen molar-refractivity contribution in [1.29, 1.82) is 0 Å². The van der Waals surface area contributed by atoms with Gasteiger partial charge in [0.05, 0.1) is 5.60 Å². The summed E-state index contributed by atoms with van der Waals surface area (Å²) in [5.74, 6) is 0.643. The first kappa shape index (κ1) is 10.2. The number of aromatic nitrogens is 2. The van der Waals surface area contributed by atoms with E-state index in [0.29, 0.717) is 18.8 Å². The molecule has 0 saturated carbocycles. The molecule has 0 radical (unpaired) electrons. The highest BCUT2D eigenvalue weighted by atomic mass is 16.3. The SMILES string of the molecule is CC(C)(O)CCn1ccnc1CO. The Hall–Kier alpha value is -0.870. The van der Waals surface area contributed by atoms with Gasteiger partial charge in [0.25, 0.3) is 0 Å². The third-order valence-corrected chi connectivity index (χ3v) is 1.91. The maximum atomic E-state index is 9.48. The van der Waals surface area contributed by atoms with Crippen molar-refractivity contribution < 1.29 is 10.2 Å². The molecule has 0 aliphatic carbocycles. The van der Waals surface area contributed by atoms with Crippen LogP contribution in [0.4, 0.5) is 0 Å². The van der Waals surface area contributed by atoms with Crippen LogP contribution in [0.15, 0.2) is 12.4 Å². The maximum absolute atomic E-state index is 9.48. The van der Waals surface area contributed by atoms with Gasteiger partial charge in [-0.1, -0.05) is 0 Å². The molecule has 4 heteroatoms. The number of imidazole rings is 1. The van der Waals surface area contributed by atoms with Crippen LogP contribution >= 0.6 is 0 Å². The molecule has 0 aliphatic rings. The van der Waals surface area contributed by atoms with Crippen molar-refractivity contribution in [3.63, 3.8) is 0 Å². The van der Waals surface area contributed by atoms with E-state index in [1.807, 2.05) is 4.57 Å². The number of hydrogen-bond acceptors (Lipinski definition) is 3. The lowest BCUT2D eigenvalue weighted by Gasteiger charge is -2.17. The van der Waals surface area contributed by atoms with Gasteiger partial charge in [-0.25, -0.2) is 4.98 Å². The third kappa shape index (κ3) is 3.16. The molecular weight excluding hydrogens is 168 g/mol. The molecule has 74 valence electrons. The second kappa shape index (κ2) is 3.89. The first-order valence-electron chi connectivity index (χ1n) is 4.36. The Balaban J connectivity index is 2.54. The Morgan fingerprint density at radius 2 is 2.23 bits per heavy atom. The average molecular weight is 184 g/mol. The van der Waals surface area contributed by atoms with Gasteiger partial charge in [0.15, 0.2) is 0 Å². The van der Waals surface area contributed by atoms with Crippen molar-refractivity contribution in [2.75, 3.05) is 0 Å². The topological polar surface area (TPSA) is 58.3 Å². The average Bonchev–Trinajstić information content (AvgIpc) is 2.46. The molecule has 0 aromatic carbocycles. The molecule has 0 bridgehead atoms. The molecule has 1 aromatic rings. The monoisotopic (exact) mass is 184 g/mol. The van der Waals surface area contributed by atoms with Gasteiger partial charge in [-0.15, -0.1) is 0 Å². The summed E-state index contributed by atoms with van der Waals surface area (Å²) in [5, 5.41) is 18.4. The number of aryl methyl sites for hydroxylation is 1. The minimum absolute atomic E-state index is 0.0567. The normalized spacial score (nSPS) is 12.0. The fraction of sp³-hybridized carbons (Fsp3) is 0.667. The summed E-state index contributed by atoms with van der Waals surface area (Å²) in [7, 11) is 0. The molecule has 1 aromatic heterocycles. The van der Waals surface area contributed by atoms with Crippen LogP contribution in [0.2, 0.25) is 0 Å². The van der Waals surface area contributed by atoms with Crippen molar-refractivity contribution in [2.45, 2.75) is 39.0 Å². The number of hydrogen-bond donors (Lipinski definition) is 2. The van der Waals surface area contributed by atoms with Crippen LogP contribution in [0.3, 0.4) is 0 Å². The second-order valence-electron chi connectivity index (χ2n) is 3.76. The van der Waals surface area contributed by atoms with Crippen LogP contribution in [-0.2, 0) is 13.2 Å². The molecule has 0 spiro atoms. The van der Waals surface area contributed by atoms with Crippen LogP contribution in [0.1, 0.15) is 26.1 Å². The van der Waals surface area contributed by atoms with Crippen molar-refractivity contribution in [3.05, 3.63) is 18.2 Å². The lowest BCUT2D eigenvalue weighted by molar-refractivity contribution is 0.0655. The smallest absolute Gasteiger partial charge is 0.134 e. The van der Waals surface area contributed by atoms with Crippen molar-refractivity contribution in [1.82, 2.24) is 9.55 Å². The van der Waals surface area contributed by atoms with Gasteiger partial charge in [-0.3, -0.25) is 0 Å². The number of aliphatic hydroxyl groups excluding tert-OH is 1. The van der Waals surface area contributed by atoms with E-state index in [4.69, 9.17) is 5.11 Å². The second-order valence-corrected chi connectivity index (χ2v) is 3.76. The molecule has 1 rings (SSSR count). The summed E-state index contributed by atoms with van der Waals surface area (Å²) < 4.78 is 1.85. The number of nitrogens with zero attached hydrogens (tertiary/aromatic N) is 2. The quantitative estimate of drug-likeness (QED) is 0.718. The van der Waals surface area contributed by atoms with E-state index in [0.717, 1.165) is 0 Å². The van der Waals surface area contributed by atoms with Gasteiger partial charge in [0, 0.05) is 18.9 Å². The molecule has 0 saturated heterocycles. The van der Waals surface area contributed by atoms with Crippen LogP contribution in [0.5, 0.6) is 0 Å². The molecular formula is C9H16N2O2. The molecule has 0 unspecified atom stereocenters. The van der Waals surface area contributed by atoms with E-state index in [-0.39, 0.29) is 6.61 Å². The first-order valence-corrected chi connectivity index (χ1v) is 4.36. The minimum atomic E-state index is -0.670. The highest BCUT2D eigenvalue weighted by molar-refractivity contribution is 4.90. The van der Waals surface area contributed by atoms with Gasteiger partial charge in [0.2, 0.25) is 0 Å². The first-order chi connectivity index (χ1) is 6.03. The van der Waals surface area contributed by atoms with E-state index < -0.39 is 5.60 Å². The Morgan fingerprint density at radius 3 is 2.77 bits per heavy atom. The molecule has 0 aliphatic heterocycles. The molecule has 0 amide bonds. The molecule has 0 fully saturated rings. The van der Waals surface area contributed by atoms with Gasteiger partial charge in [0.1, 0.15) is 12.4 Å². The molecule has 2 N–H and O–H groups in total. The largest absolute Gasteiger partial charge is 0.390 e. The summed E-state index contributed by atoms with van der Waals surface area (Å²) in [5.41, 5.74) is -0.670.